The Balaban J connectivity index is 2.87. The molecule has 14 heavy (non-hydrogen) atoms. The second-order valence-electron chi connectivity index (χ2n) is 3.92. The highest BCUT2D eigenvalue weighted by atomic mass is 127. The van der Waals surface area contributed by atoms with Crippen LogP contribution in [0.25, 0.3) is 0 Å². The maximum Gasteiger partial charge on any atom is 0.0137 e. The molecule has 0 spiro atoms. The maximum absolute atomic E-state index is 5.36. The predicted molar refractivity (Wildman–Crippen MR) is 71.5 cm³/mol. The third-order valence-electron chi connectivity index (χ3n) is 3.31. The summed E-state index contributed by atoms with van der Waals surface area (Å²) in [4.78, 5) is 0. The third kappa shape index (κ3) is 2.06. The van der Waals surface area contributed by atoms with Crippen LogP contribution in [0.5, 0.6) is 0 Å². The van der Waals surface area contributed by atoms with Crippen molar-refractivity contribution in [1.29, 1.82) is 0 Å². The van der Waals surface area contributed by atoms with Crippen molar-refractivity contribution in [3.8, 4) is 12.3 Å². The fraction of sp³-hybridized carbons (Fsp3) is 0.538. The van der Waals surface area contributed by atoms with Crippen molar-refractivity contribution in [2.45, 2.75) is 33.1 Å². The smallest absolute Gasteiger partial charge is 0.0137 e. The summed E-state index contributed by atoms with van der Waals surface area (Å²) < 4.78 is 1.19. The summed E-state index contributed by atoms with van der Waals surface area (Å²) >= 11 is 2.45. The lowest BCUT2D eigenvalue weighted by atomic mass is 9.72. The molecule has 76 valence electrons. The van der Waals surface area contributed by atoms with Crippen molar-refractivity contribution in [3.05, 3.63) is 23.3 Å². The number of hydrogen-bond donors (Lipinski definition) is 0. The van der Waals surface area contributed by atoms with E-state index in [0.717, 1.165) is 12.8 Å². The minimum absolute atomic E-state index is 0.285. The number of allylic oxidation sites excluding steroid dienone is 4. The normalized spacial score (nSPS) is 18.7. The summed E-state index contributed by atoms with van der Waals surface area (Å²) in [6, 6.07) is 0. The zero-order valence-corrected chi connectivity index (χ0v) is 11.1. The van der Waals surface area contributed by atoms with Crippen molar-refractivity contribution >= 4 is 22.6 Å². The van der Waals surface area contributed by atoms with Gasteiger partial charge in [-0.05, 0) is 26.7 Å². The van der Waals surface area contributed by atoms with E-state index in [0.29, 0.717) is 0 Å². The molecular weight excluding hydrogens is 283 g/mol. The highest BCUT2D eigenvalue weighted by Gasteiger charge is 2.34. The van der Waals surface area contributed by atoms with Gasteiger partial charge in [-0.3, -0.25) is 0 Å². The summed E-state index contributed by atoms with van der Waals surface area (Å²) in [7, 11) is 0. The van der Waals surface area contributed by atoms with Crippen molar-refractivity contribution in [2.24, 2.45) is 5.41 Å². The quantitative estimate of drug-likeness (QED) is 0.416. The Morgan fingerprint density at radius 1 is 1.29 bits per heavy atom. The number of halogens is 1. The predicted octanol–water partition coefficient (Wildman–Crippen LogP) is 4.12. The zero-order chi connectivity index (χ0) is 10.6. The lowest BCUT2D eigenvalue weighted by molar-refractivity contribution is 0.398. The fourth-order valence-electron chi connectivity index (χ4n) is 2.24. The van der Waals surface area contributed by atoms with Gasteiger partial charge in [-0.1, -0.05) is 45.9 Å². The zero-order valence-electron chi connectivity index (χ0n) is 8.94. The van der Waals surface area contributed by atoms with E-state index >= 15 is 0 Å². The molecule has 0 amide bonds. The fourth-order valence-corrected chi connectivity index (χ4v) is 3.16. The molecule has 1 aliphatic carbocycles. The molecule has 0 N–H and O–H groups in total. The van der Waals surface area contributed by atoms with Crippen molar-refractivity contribution < 1.29 is 0 Å². The van der Waals surface area contributed by atoms with Gasteiger partial charge in [0.05, 0.1) is 0 Å². The molecule has 0 unspecified atom stereocenters. The van der Waals surface area contributed by atoms with Gasteiger partial charge in [-0.2, -0.15) is 0 Å². The largest absolute Gasteiger partial charge is 0.120 e. The molecule has 0 saturated heterocycles. The molecule has 0 nitrogen and oxygen atoms in total. The summed E-state index contributed by atoms with van der Waals surface area (Å²) in [5, 5.41) is 0. The number of rotatable bonds is 4. The second-order valence-corrected chi connectivity index (χ2v) is 5.00. The van der Waals surface area contributed by atoms with Crippen LogP contribution in [0.2, 0.25) is 0 Å². The van der Waals surface area contributed by atoms with Crippen molar-refractivity contribution in [2.75, 3.05) is 4.43 Å². The van der Waals surface area contributed by atoms with Gasteiger partial charge in [0.25, 0.3) is 0 Å². The Hall–Kier alpha value is -0.230. The Labute approximate surface area is 101 Å². The first-order valence-electron chi connectivity index (χ1n) is 5.03. The average Bonchev–Trinajstić information content (AvgIpc) is 2.44. The molecule has 1 heteroatoms. The summed E-state index contributed by atoms with van der Waals surface area (Å²) in [6.07, 6.45) is 13.1. The topological polar surface area (TPSA) is 0 Å². The highest BCUT2D eigenvalue weighted by Crippen LogP contribution is 2.46. The van der Waals surface area contributed by atoms with Gasteiger partial charge in [0, 0.05) is 16.3 Å². The molecule has 0 aromatic heterocycles. The Bertz CT molecular complexity index is 284. The van der Waals surface area contributed by atoms with Crippen molar-refractivity contribution in [3.63, 3.8) is 0 Å². The minimum Gasteiger partial charge on any atom is -0.120 e. The van der Waals surface area contributed by atoms with Crippen LogP contribution in [0.1, 0.15) is 33.1 Å². The lowest BCUT2D eigenvalue weighted by Crippen LogP contribution is -2.22. The van der Waals surface area contributed by atoms with Gasteiger partial charge < -0.3 is 0 Å². The van der Waals surface area contributed by atoms with Crippen LogP contribution >= 0.6 is 22.6 Å². The Morgan fingerprint density at radius 3 is 2.29 bits per heavy atom. The van der Waals surface area contributed by atoms with E-state index in [9.17, 15) is 0 Å². The van der Waals surface area contributed by atoms with Gasteiger partial charge in [0.15, 0.2) is 0 Å². The first-order valence-corrected chi connectivity index (χ1v) is 6.55. The van der Waals surface area contributed by atoms with E-state index in [1.165, 1.54) is 22.0 Å². The van der Waals surface area contributed by atoms with Gasteiger partial charge in [0.2, 0.25) is 0 Å². The number of alkyl halides is 1. The molecule has 0 heterocycles. The van der Waals surface area contributed by atoms with E-state index in [2.05, 4.69) is 54.5 Å². The number of hydrogen-bond acceptors (Lipinski definition) is 0. The summed E-state index contributed by atoms with van der Waals surface area (Å²) in [5.74, 6) is 2.76. The molecule has 0 aromatic rings. The van der Waals surface area contributed by atoms with Crippen LogP contribution in [0.4, 0.5) is 0 Å². The Kier molecular flexibility index (Phi) is 4.25. The van der Waals surface area contributed by atoms with Crippen LogP contribution in [0.3, 0.4) is 0 Å². The molecule has 0 aliphatic heterocycles. The molecular formula is C13H17I. The third-order valence-corrected chi connectivity index (χ3v) is 3.85. The van der Waals surface area contributed by atoms with Gasteiger partial charge >= 0.3 is 0 Å². The maximum atomic E-state index is 5.36. The Morgan fingerprint density at radius 2 is 1.86 bits per heavy atom. The van der Waals surface area contributed by atoms with Crippen LogP contribution in [0, 0.1) is 17.8 Å². The molecule has 0 bridgehead atoms. The van der Waals surface area contributed by atoms with E-state index in [1.807, 2.05) is 0 Å². The van der Waals surface area contributed by atoms with Crippen LogP contribution in [-0.4, -0.2) is 4.43 Å². The second kappa shape index (κ2) is 5.02. The van der Waals surface area contributed by atoms with Gasteiger partial charge in [-0.15, -0.1) is 12.3 Å². The van der Waals surface area contributed by atoms with Gasteiger partial charge in [-0.25, -0.2) is 0 Å². The van der Waals surface area contributed by atoms with E-state index in [-0.39, 0.29) is 5.41 Å². The molecule has 1 rings (SSSR count). The SMILES string of the molecule is C#CCCC1(CCI)C(C)=CC=C1C. The van der Waals surface area contributed by atoms with Crippen LogP contribution in [0.15, 0.2) is 23.3 Å². The van der Waals surface area contributed by atoms with E-state index < -0.39 is 0 Å². The van der Waals surface area contributed by atoms with E-state index in [4.69, 9.17) is 6.42 Å². The first kappa shape index (κ1) is 11.8. The lowest BCUT2D eigenvalue weighted by Gasteiger charge is -2.32. The minimum atomic E-state index is 0.285. The summed E-state index contributed by atoms with van der Waals surface area (Å²) in [5.41, 5.74) is 3.26. The average molecular weight is 300 g/mol. The molecule has 0 saturated carbocycles. The summed E-state index contributed by atoms with van der Waals surface area (Å²) in [6.45, 7) is 4.46. The standard InChI is InChI=1S/C13H17I/c1-4-5-8-13(9-10-14)11(2)6-7-12(13)3/h1,6-7H,5,8-10H2,2-3H3. The highest BCUT2D eigenvalue weighted by molar-refractivity contribution is 14.1. The molecule has 0 aromatic carbocycles. The van der Waals surface area contributed by atoms with E-state index in [1.54, 1.807) is 0 Å². The monoisotopic (exact) mass is 300 g/mol. The first-order chi connectivity index (χ1) is 6.67. The molecule has 1 aliphatic rings. The van der Waals surface area contributed by atoms with Crippen molar-refractivity contribution in [1.82, 2.24) is 0 Å². The number of terminal acetylenes is 1. The van der Waals surface area contributed by atoms with Crippen LogP contribution in [-0.2, 0) is 0 Å². The van der Waals surface area contributed by atoms with Gasteiger partial charge in [0.1, 0.15) is 0 Å². The molecule has 0 fully saturated rings. The molecule has 0 radical (unpaired) electrons. The van der Waals surface area contributed by atoms with Crippen LogP contribution < -0.4 is 0 Å². The molecule has 0 atom stereocenters.